The van der Waals surface area contributed by atoms with Crippen LogP contribution < -0.4 is 5.43 Å². The minimum Gasteiger partial charge on any atom is -0.449 e. The molecular formula is C17H14BrN5O5. The number of carbonyl (C=O) groups excluding carboxylic acids is 1. The Morgan fingerprint density at radius 3 is 2.79 bits per heavy atom. The summed E-state index contributed by atoms with van der Waals surface area (Å²) < 4.78 is 12.5. The number of furan rings is 1. The topological polar surface area (TPSA) is 125 Å². The lowest BCUT2D eigenvalue weighted by molar-refractivity contribution is -0.401. The number of aromatic nitrogens is 2. The molecule has 0 aliphatic heterocycles. The number of nitrogens with one attached hydrogen (secondary N) is 1. The van der Waals surface area contributed by atoms with Gasteiger partial charge in [-0.05, 0) is 37.3 Å². The standard InChI is InChI=1S/C17H14BrN5O5/c1-2-27-17(24)20-19-9-11-10-22(13-5-3-12(18)4-6-13)21-16(11)14-7-8-15(28-14)23(25)26/h3-10H,2H2,1H3,(H,20,24). The largest absolute Gasteiger partial charge is 0.449 e. The average Bonchev–Trinajstić information content (AvgIpc) is 3.30. The normalized spacial score (nSPS) is 10.9. The summed E-state index contributed by atoms with van der Waals surface area (Å²) in [5, 5.41) is 19.2. The van der Waals surface area contributed by atoms with Crippen molar-refractivity contribution >= 4 is 34.1 Å². The Balaban J connectivity index is 1.97. The smallest absolute Gasteiger partial charge is 0.433 e. The highest BCUT2D eigenvalue weighted by molar-refractivity contribution is 9.10. The molecule has 0 bridgehead atoms. The molecule has 1 N–H and O–H groups in total. The van der Waals surface area contributed by atoms with Gasteiger partial charge in [-0.15, -0.1) is 0 Å². The van der Waals surface area contributed by atoms with Crippen molar-refractivity contribution in [1.82, 2.24) is 15.2 Å². The molecule has 2 heterocycles. The summed E-state index contributed by atoms with van der Waals surface area (Å²) in [7, 11) is 0. The first-order chi connectivity index (χ1) is 13.5. The van der Waals surface area contributed by atoms with E-state index in [0.29, 0.717) is 11.3 Å². The zero-order valence-corrected chi connectivity index (χ0v) is 16.1. The van der Waals surface area contributed by atoms with E-state index in [1.165, 1.54) is 18.3 Å². The summed E-state index contributed by atoms with van der Waals surface area (Å²) in [4.78, 5) is 21.6. The lowest BCUT2D eigenvalue weighted by Gasteiger charge is -2.00. The predicted octanol–water partition coefficient (Wildman–Crippen LogP) is 3.88. The maximum atomic E-state index is 11.4. The summed E-state index contributed by atoms with van der Waals surface area (Å²) >= 11 is 3.37. The zero-order chi connectivity index (χ0) is 20.1. The number of rotatable bonds is 6. The summed E-state index contributed by atoms with van der Waals surface area (Å²) in [5.74, 6) is -0.208. The molecule has 2 aromatic heterocycles. The molecule has 3 aromatic rings. The number of hydrogen-bond donors (Lipinski definition) is 1. The van der Waals surface area contributed by atoms with Gasteiger partial charge in [-0.2, -0.15) is 10.2 Å². The SMILES string of the molecule is CCOC(=O)NN=Cc1cn(-c2ccc(Br)cc2)nc1-c1ccc([N+](=O)[O-])o1. The van der Waals surface area contributed by atoms with Gasteiger partial charge in [0.05, 0.1) is 24.6 Å². The van der Waals surface area contributed by atoms with E-state index in [1.807, 2.05) is 24.3 Å². The van der Waals surface area contributed by atoms with Gasteiger partial charge in [0, 0.05) is 16.2 Å². The molecule has 3 rings (SSSR count). The third-order valence-electron chi connectivity index (χ3n) is 3.47. The van der Waals surface area contributed by atoms with Crippen LogP contribution in [0.1, 0.15) is 12.5 Å². The zero-order valence-electron chi connectivity index (χ0n) is 14.5. The minimum atomic E-state index is -0.700. The van der Waals surface area contributed by atoms with Crippen molar-refractivity contribution in [2.45, 2.75) is 6.92 Å². The van der Waals surface area contributed by atoms with E-state index < -0.39 is 16.9 Å². The van der Waals surface area contributed by atoms with Crippen molar-refractivity contribution in [3.8, 4) is 17.1 Å². The Labute approximate surface area is 167 Å². The van der Waals surface area contributed by atoms with Crippen LogP contribution in [-0.4, -0.2) is 33.6 Å². The summed E-state index contributed by atoms with van der Waals surface area (Å²) in [6.45, 7) is 1.89. The number of nitro groups is 1. The van der Waals surface area contributed by atoms with Gasteiger partial charge in [-0.1, -0.05) is 15.9 Å². The lowest BCUT2D eigenvalue weighted by atomic mass is 10.2. The first-order valence-corrected chi connectivity index (χ1v) is 8.83. The van der Waals surface area contributed by atoms with Gasteiger partial charge in [0.25, 0.3) is 0 Å². The van der Waals surface area contributed by atoms with E-state index in [1.54, 1.807) is 17.8 Å². The molecule has 0 saturated heterocycles. The van der Waals surface area contributed by atoms with Gasteiger partial charge in [0.1, 0.15) is 10.6 Å². The molecular weight excluding hydrogens is 434 g/mol. The molecule has 1 aromatic carbocycles. The number of carbonyl (C=O) groups is 1. The molecule has 0 spiro atoms. The molecule has 28 heavy (non-hydrogen) atoms. The van der Waals surface area contributed by atoms with Gasteiger partial charge in [0.2, 0.25) is 0 Å². The molecule has 0 atom stereocenters. The van der Waals surface area contributed by atoms with Gasteiger partial charge in [-0.3, -0.25) is 10.1 Å². The van der Waals surface area contributed by atoms with Crippen molar-refractivity contribution in [3.05, 3.63) is 62.7 Å². The summed E-state index contributed by atoms with van der Waals surface area (Å²) in [5.41, 5.74) is 3.77. The molecule has 0 fully saturated rings. The first-order valence-electron chi connectivity index (χ1n) is 8.04. The highest BCUT2D eigenvalue weighted by atomic mass is 79.9. The summed E-state index contributed by atoms with van der Waals surface area (Å²) in [6, 6.07) is 10.1. The van der Waals surface area contributed by atoms with E-state index in [4.69, 9.17) is 9.15 Å². The van der Waals surface area contributed by atoms with E-state index in [0.717, 1.165) is 10.2 Å². The number of benzene rings is 1. The summed E-state index contributed by atoms with van der Waals surface area (Å²) in [6.07, 6.45) is 2.31. The quantitative estimate of drug-likeness (QED) is 0.347. The highest BCUT2D eigenvalue weighted by Gasteiger charge is 2.19. The molecule has 0 saturated carbocycles. The second kappa shape index (κ2) is 8.48. The van der Waals surface area contributed by atoms with Crippen molar-refractivity contribution < 1.29 is 18.9 Å². The highest BCUT2D eigenvalue weighted by Crippen LogP contribution is 2.28. The van der Waals surface area contributed by atoms with Crippen LogP contribution in [0.3, 0.4) is 0 Å². The fourth-order valence-electron chi connectivity index (χ4n) is 2.27. The van der Waals surface area contributed by atoms with E-state index >= 15 is 0 Å². The second-order valence-corrected chi connectivity index (χ2v) is 6.26. The van der Waals surface area contributed by atoms with Gasteiger partial charge < -0.3 is 9.15 Å². The van der Waals surface area contributed by atoms with Crippen LogP contribution in [-0.2, 0) is 4.74 Å². The number of halogens is 1. The van der Waals surface area contributed by atoms with Crippen LogP contribution in [0, 0.1) is 10.1 Å². The number of amides is 1. The maximum absolute atomic E-state index is 11.4. The van der Waals surface area contributed by atoms with Gasteiger partial charge in [0.15, 0.2) is 5.76 Å². The van der Waals surface area contributed by atoms with Crippen LogP contribution in [0.4, 0.5) is 10.7 Å². The predicted molar refractivity (Wildman–Crippen MR) is 103 cm³/mol. The average molecular weight is 448 g/mol. The third-order valence-corrected chi connectivity index (χ3v) is 4.00. The van der Waals surface area contributed by atoms with Crippen molar-refractivity contribution in [2.75, 3.05) is 6.61 Å². The number of hydrogen-bond acceptors (Lipinski definition) is 7. The lowest BCUT2D eigenvalue weighted by Crippen LogP contribution is -2.18. The van der Waals surface area contributed by atoms with E-state index in [9.17, 15) is 14.9 Å². The second-order valence-electron chi connectivity index (χ2n) is 5.34. The van der Waals surface area contributed by atoms with Crippen molar-refractivity contribution in [3.63, 3.8) is 0 Å². The van der Waals surface area contributed by atoms with Gasteiger partial charge >= 0.3 is 12.0 Å². The van der Waals surface area contributed by atoms with Crippen LogP contribution >= 0.6 is 15.9 Å². The first kappa shape index (κ1) is 19.3. The van der Waals surface area contributed by atoms with Gasteiger partial charge in [-0.25, -0.2) is 14.9 Å². The minimum absolute atomic E-state index is 0.195. The fraction of sp³-hybridized carbons (Fsp3) is 0.118. The Morgan fingerprint density at radius 1 is 1.39 bits per heavy atom. The Hall–Kier alpha value is -3.47. The number of nitrogens with zero attached hydrogens (tertiary/aromatic N) is 4. The fourth-order valence-corrected chi connectivity index (χ4v) is 2.53. The van der Waals surface area contributed by atoms with Crippen LogP contribution in [0.15, 0.2) is 56.6 Å². The Bertz CT molecular complexity index is 1020. The van der Waals surface area contributed by atoms with E-state index in [-0.39, 0.29) is 12.4 Å². The molecule has 1 amide bonds. The molecule has 0 radical (unpaired) electrons. The molecule has 0 unspecified atom stereocenters. The number of hydrazone groups is 1. The number of ether oxygens (including phenoxy) is 1. The van der Waals surface area contributed by atoms with Crippen molar-refractivity contribution in [2.24, 2.45) is 5.10 Å². The molecule has 0 aliphatic rings. The molecule has 144 valence electrons. The molecule has 0 aliphatic carbocycles. The molecule has 10 nitrogen and oxygen atoms in total. The van der Waals surface area contributed by atoms with Crippen molar-refractivity contribution in [1.29, 1.82) is 0 Å². The Kier molecular flexibility index (Phi) is 5.84. The van der Waals surface area contributed by atoms with Crippen LogP contribution in [0.5, 0.6) is 0 Å². The monoisotopic (exact) mass is 447 g/mol. The van der Waals surface area contributed by atoms with Crippen LogP contribution in [0.25, 0.3) is 17.1 Å². The molecule has 11 heteroatoms. The Morgan fingerprint density at radius 2 is 2.14 bits per heavy atom. The maximum Gasteiger partial charge on any atom is 0.433 e. The van der Waals surface area contributed by atoms with Crippen LogP contribution in [0.2, 0.25) is 0 Å². The van der Waals surface area contributed by atoms with E-state index in [2.05, 4.69) is 31.6 Å². The third kappa shape index (κ3) is 4.43.